The molecule has 6 heteroatoms. The van der Waals surface area contributed by atoms with E-state index in [0.717, 1.165) is 0 Å². The second-order valence-electron chi connectivity index (χ2n) is 4.68. The van der Waals surface area contributed by atoms with Crippen molar-refractivity contribution in [3.63, 3.8) is 0 Å². The minimum atomic E-state index is -0.792. The molecular formula is C13H20N4O2. The molecule has 1 aromatic rings. The summed E-state index contributed by atoms with van der Waals surface area (Å²) in [6, 6.07) is 0.355. The minimum Gasteiger partial charge on any atom is -0.461 e. The van der Waals surface area contributed by atoms with Crippen molar-refractivity contribution in [3.05, 3.63) is 0 Å². The smallest absolute Gasteiger partial charge is 0.325 e. The fourth-order valence-electron chi connectivity index (χ4n) is 1.14. The van der Waals surface area contributed by atoms with Gasteiger partial charge in [0.15, 0.2) is 5.60 Å². The SMILES string of the molecule is C#CC(C)(C)Oc1nc(NCC)nc(OC(C)C)n1. The van der Waals surface area contributed by atoms with Crippen LogP contribution in [0, 0.1) is 12.3 Å². The molecule has 0 aliphatic carbocycles. The third-order valence-corrected chi connectivity index (χ3v) is 1.96. The van der Waals surface area contributed by atoms with Crippen molar-refractivity contribution in [3.8, 4) is 24.4 Å². The van der Waals surface area contributed by atoms with Gasteiger partial charge in [-0.15, -0.1) is 11.4 Å². The number of terminal acetylenes is 1. The van der Waals surface area contributed by atoms with Crippen molar-refractivity contribution in [2.45, 2.75) is 46.3 Å². The Hall–Kier alpha value is -2.03. The zero-order chi connectivity index (χ0) is 14.5. The van der Waals surface area contributed by atoms with Crippen molar-refractivity contribution >= 4 is 5.95 Å². The summed E-state index contributed by atoms with van der Waals surface area (Å²) in [5.74, 6) is 2.92. The van der Waals surface area contributed by atoms with Crippen LogP contribution in [0.5, 0.6) is 12.0 Å². The molecular weight excluding hydrogens is 244 g/mol. The number of rotatable bonds is 6. The van der Waals surface area contributed by atoms with E-state index in [1.165, 1.54) is 0 Å². The third-order valence-electron chi connectivity index (χ3n) is 1.96. The average Bonchev–Trinajstić information content (AvgIpc) is 2.27. The molecule has 0 aliphatic heterocycles. The predicted molar refractivity (Wildman–Crippen MR) is 73.3 cm³/mol. The molecule has 0 amide bonds. The summed E-state index contributed by atoms with van der Waals surface area (Å²) >= 11 is 0. The maximum atomic E-state index is 5.54. The van der Waals surface area contributed by atoms with Crippen molar-refractivity contribution in [2.75, 3.05) is 11.9 Å². The molecule has 0 saturated carbocycles. The van der Waals surface area contributed by atoms with E-state index >= 15 is 0 Å². The predicted octanol–water partition coefficient (Wildman–Crippen LogP) is 1.88. The zero-order valence-electron chi connectivity index (χ0n) is 12.0. The molecule has 1 heterocycles. The lowest BCUT2D eigenvalue weighted by atomic mass is 10.2. The second kappa shape index (κ2) is 6.23. The van der Waals surface area contributed by atoms with Gasteiger partial charge in [0.2, 0.25) is 5.95 Å². The van der Waals surface area contributed by atoms with E-state index in [2.05, 4.69) is 26.2 Å². The Morgan fingerprint density at radius 3 is 2.42 bits per heavy atom. The van der Waals surface area contributed by atoms with Gasteiger partial charge in [-0.1, -0.05) is 5.92 Å². The van der Waals surface area contributed by atoms with Crippen LogP contribution in [0.3, 0.4) is 0 Å². The first kappa shape index (κ1) is 15.0. The fraction of sp³-hybridized carbons (Fsp3) is 0.615. The summed E-state index contributed by atoms with van der Waals surface area (Å²) in [4.78, 5) is 12.4. The second-order valence-corrected chi connectivity index (χ2v) is 4.68. The number of nitrogens with zero attached hydrogens (tertiary/aromatic N) is 3. The minimum absolute atomic E-state index is 0.0367. The van der Waals surface area contributed by atoms with Gasteiger partial charge in [0.1, 0.15) is 0 Å². The number of anilines is 1. The molecule has 0 radical (unpaired) electrons. The topological polar surface area (TPSA) is 69.2 Å². The van der Waals surface area contributed by atoms with Gasteiger partial charge >= 0.3 is 12.0 Å². The molecule has 0 aromatic carbocycles. The van der Waals surface area contributed by atoms with Crippen LogP contribution in [-0.4, -0.2) is 33.2 Å². The lowest BCUT2D eigenvalue weighted by Crippen LogP contribution is -2.27. The standard InChI is InChI=1S/C13H20N4O2/c1-7-13(5,6)19-12-16-10(14-8-2)15-11(17-12)18-9(3)4/h1,9H,8H2,2-6H3,(H,14,15,16,17). The summed E-state index contributed by atoms with van der Waals surface area (Å²) in [5, 5.41) is 2.99. The highest BCUT2D eigenvalue weighted by atomic mass is 16.5. The van der Waals surface area contributed by atoms with Crippen LogP contribution in [-0.2, 0) is 0 Å². The molecule has 6 nitrogen and oxygen atoms in total. The summed E-state index contributed by atoms with van der Waals surface area (Å²) < 4.78 is 11.0. The number of hydrogen-bond donors (Lipinski definition) is 1. The van der Waals surface area contributed by atoms with Crippen LogP contribution in [0.4, 0.5) is 5.95 Å². The third kappa shape index (κ3) is 5.00. The number of hydrogen-bond acceptors (Lipinski definition) is 6. The van der Waals surface area contributed by atoms with E-state index in [1.807, 2.05) is 20.8 Å². The van der Waals surface area contributed by atoms with Crippen molar-refractivity contribution in [1.29, 1.82) is 0 Å². The van der Waals surface area contributed by atoms with Gasteiger partial charge in [-0.3, -0.25) is 0 Å². The van der Waals surface area contributed by atoms with Crippen LogP contribution in [0.25, 0.3) is 0 Å². The molecule has 0 unspecified atom stereocenters. The van der Waals surface area contributed by atoms with E-state index in [9.17, 15) is 0 Å². The number of nitrogens with one attached hydrogen (secondary N) is 1. The van der Waals surface area contributed by atoms with Gasteiger partial charge < -0.3 is 14.8 Å². The van der Waals surface area contributed by atoms with E-state index in [1.54, 1.807) is 13.8 Å². The highest BCUT2D eigenvalue weighted by molar-refractivity contribution is 5.27. The Morgan fingerprint density at radius 1 is 1.26 bits per heavy atom. The Bertz CT molecular complexity index is 466. The Balaban J connectivity index is 3.02. The van der Waals surface area contributed by atoms with E-state index in [0.29, 0.717) is 12.5 Å². The lowest BCUT2D eigenvalue weighted by Gasteiger charge is -2.19. The maximum absolute atomic E-state index is 5.54. The number of aromatic nitrogens is 3. The molecule has 1 rings (SSSR count). The first-order valence-corrected chi connectivity index (χ1v) is 6.19. The first-order valence-electron chi connectivity index (χ1n) is 6.19. The summed E-state index contributed by atoms with van der Waals surface area (Å²) in [6.45, 7) is 9.92. The van der Waals surface area contributed by atoms with Crippen LogP contribution in [0.1, 0.15) is 34.6 Å². The van der Waals surface area contributed by atoms with Crippen molar-refractivity contribution in [2.24, 2.45) is 0 Å². The normalized spacial score (nSPS) is 11.0. The van der Waals surface area contributed by atoms with Gasteiger partial charge in [0, 0.05) is 6.54 Å². The molecule has 0 fully saturated rings. The highest BCUT2D eigenvalue weighted by Crippen LogP contribution is 2.18. The number of ether oxygens (including phenoxy) is 2. The van der Waals surface area contributed by atoms with Gasteiger partial charge in [-0.2, -0.15) is 9.97 Å². The van der Waals surface area contributed by atoms with E-state index < -0.39 is 5.60 Å². The van der Waals surface area contributed by atoms with Crippen LogP contribution < -0.4 is 14.8 Å². The lowest BCUT2D eigenvalue weighted by molar-refractivity contribution is 0.149. The maximum Gasteiger partial charge on any atom is 0.325 e. The first-order chi connectivity index (χ1) is 8.86. The molecule has 1 N–H and O–H groups in total. The van der Waals surface area contributed by atoms with Gasteiger partial charge in [-0.25, -0.2) is 0 Å². The Kier molecular flexibility index (Phi) is 4.93. The quantitative estimate of drug-likeness (QED) is 0.791. The molecule has 0 bridgehead atoms. The molecule has 0 atom stereocenters. The van der Waals surface area contributed by atoms with Crippen LogP contribution in [0.2, 0.25) is 0 Å². The molecule has 0 aliphatic rings. The summed E-state index contributed by atoms with van der Waals surface area (Å²) in [5.41, 5.74) is -0.792. The fourth-order valence-corrected chi connectivity index (χ4v) is 1.14. The van der Waals surface area contributed by atoms with E-state index in [-0.39, 0.29) is 18.1 Å². The van der Waals surface area contributed by atoms with Gasteiger partial charge in [-0.05, 0) is 34.6 Å². The Morgan fingerprint density at radius 2 is 1.89 bits per heavy atom. The zero-order valence-corrected chi connectivity index (χ0v) is 12.0. The molecule has 19 heavy (non-hydrogen) atoms. The monoisotopic (exact) mass is 264 g/mol. The van der Waals surface area contributed by atoms with Gasteiger partial charge in [0.05, 0.1) is 6.10 Å². The molecule has 1 aromatic heterocycles. The van der Waals surface area contributed by atoms with Gasteiger partial charge in [0.25, 0.3) is 0 Å². The Labute approximate surface area is 114 Å². The molecule has 104 valence electrons. The van der Waals surface area contributed by atoms with Crippen molar-refractivity contribution in [1.82, 2.24) is 15.0 Å². The van der Waals surface area contributed by atoms with Crippen LogP contribution in [0.15, 0.2) is 0 Å². The molecule has 0 spiro atoms. The van der Waals surface area contributed by atoms with Crippen molar-refractivity contribution < 1.29 is 9.47 Å². The molecule has 0 saturated heterocycles. The summed E-state index contributed by atoms with van der Waals surface area (Å²) in [6.07, 6.45) is 5.34. The largest absolute Gasteiger partial charge is 0.461 e. The summed E-state index contributed by atoms with van der Waals surface area (Å²) in [7, 11) is 0. The van der Waals surface area contributed by atoms with E-state index in [4.69, 9.17) is 15.9 Å². The van der Waals surface area contributed by atoms with Crippen LogP contribution >= 0.6 is 0 Å². The highest BCUT2D eigenvalue weighted by Gasteiger charge is 2.19. The average molecular weight is 264 g/mol.